The van der Waals surface area contributed by atoms with Gasteiger partial charge in [-0.25, -0.2) is 8.78 Å². The summed E-state index contributed by atoms with van der Waals surface area (Å²) in [6.45, 7) is 1.18. The molecule has 0 saturated heterocycles. The highest BCUT2D eigenvalue weighted by atomic mass is 19.2. The highest BCUT2D eigenvalue weighted by Crippen LogP contribution is 2.33. The first-order valence-electron chi connectivity index (χ1n) is 6.48. The normalized spacial score (nSPS) is 13.6. The first-order chi connectivity index (χ1) is 10.0. The molecule has 0 spiro atoms. The molecule has 1 unspecified atom stereocenters. The molecule has 21 heavy (non-hydrogen) atoms. The van der Waals surface area contributed by atoms with Gasteiger partial charge in [-0.05, 0) is 25.1 Å². The van der Waals surface area contributed by atoms with Crippen LogP contribution in [-0.4, -0.2) is 18.8 Å². The number of anilines is 1. The lowest BCUT2D eigenvalue weighted by atomic mass is 9.91. The summed E-state index contributed by atoms with van der Waals surface area (Å²) >= 11 is 0. The molecule has 1 atom stereocenters. The second-order valence-electron chi connectivity index (χ2n) is 4.92. The zero-order valence-corrected chi connectivity index (χ0v) is 11.9. The molecule has 2 rings (SSSR count). The molecule has 0 radical (unpaired) electrons. The summed E-state index contributed by atoms with van der Waals surface area (Å²) in [4.78, 5) is 0. The molecule has 0 saturated carbocycles. The van der Waals surface area contributed by atoms with Crippen molar-refractivity contribution >= 4 is 5.69 Å². The van der Waals surface area contributed by atoms with E-state index in [9.17, 15) is 13.9 Å². The summed E-state index contributed by atoms with van der Waals surface area (Å²) < 4.78 is 32.6. The molecule has 0 aliphatic carbocycles. The van der Waals surface area contributed by atoms with Gasteiger partial charge in [-0.3, -0.25) is 0 Å². The Kier molecular flexibility index (Phi) is 4.43. The zero-order valence-electron chi connectivity index (χ0n) is 11.9. The van der Waals surface area contributed by atoms with Gasteiger partial charge in [-0.1, -0.05) is 24.3 Å². The highest BCUT2D eigenvalue weighted by molar-refractivity contribution is 5.58. The predicted octanol–water partition coefficient (Wildman–Crippen LogP) is 3.29. The zero-order chi connectivity index (χ0) is 15.5. The van der Waals surface area contributed by atoms with Gasteiger partial charge in [0.2, 0.25) is 0 Å². The lowest BCUT2D eigenvalue weighted by molar-refractivity contribution is 0.219. The lowest BCUT2D eigenvalue weighted by Gasteiger charge is -2.31. The van der Waals surface area contributed by atoms with Crippen molar-refractivity contribution in [2.75, 3.05) is 19.0 Å². The number of benzene rings is 2. The summed E-state index contributed by atoms with van der Waals surface area (Å²) in [7, 11) is 1.51. The largest absolute Gasteiger partial charge is 0.495 e. The Morgan fingerprint density at radius 1 is 1.14 bits per heavy atom. The minimum atomic E-state index is -1.18. The average Bonchev–Trinajstić information content (AvgIpc) is 2.50. The van der Waals surface area contributed by atoms with E-state index >= 15 is 0 Å². The van der Waals surface area contributed by atoms with Crippen LogP contribution in [0, 0.1) is 11.6 Å². The van der Waals surface area contributed by atoms with Crippen LogP contribution in [-0.2, 0) is 5.54 Å². The van der Waals surface area contributed by atoms with Gasteiger partial charge in [0.25, 0.3) is 0 Å². The molecule has 0 aliphatic heterocycles. The van der Waals surface area contributed by atoms with E-state index < -0.39 is 23.8 Å². The van der Waals surface area contributed by atoms with Crippen LogP contribution in [0.3, 0.4) is 0 Å². The molecule has 2 N–H and O–H groups in total. The van der Waals surface area contributed by atoms with Crippen LogP contribution in [0.15, 0.2) is 42.5 Å². The van der Waals surface area contributed by atoms with E-state index in [2.05, 4.69) is 5.32 Å². The molecule has 0 amide bonds. The molecule has 0 aliphatic rings. The maximum absolute atomic E-state index is 14.0. The first-order valence-corrected chi connectivity index (χ1v) is 6.48. The third kappa shape index (κ3) is 2.97. The van der Waals surface area contributed by atoms with E-state index in [4.69, 9.17) is 4.74 Å². The second kappa shape index (κ2) is 6.10. The topological polar surface area (TPSA) is 41.5 Å². The van der Waals surface area contributed by atoms with Crippen molar-refractivity contribution in [3.63, 3.8) is 0 Å². The number of aliphatic hydroxyl groups is 1. The first kappa shape index (κ1) is 15.3. The van der Waals surface area contributed by atoms with Crippen LogP contribution in [0.4, 0.5) is 14.5 Å². The molecule has 112 valence electrons. The van der Waals surface area contributed by atoms with Crippen molar-refractivity contribution < 1.29 is 18.6 Å². The average molecular weight is 293 g/mol. The SMILES string of the molecule is COc1ccccc1NC(C)(CO)c1cccc(F)c1F. The molecule has 0 fully saturated rings. The number of aliphatic hydroxyl groups excluding tert-OH is 1. The van der Waals surface area contributed by atoms with E-state index in [-0.39, 0.29) is 5.56 Å². The molecular weight excluding hydrogens is 276 g/mol. The van der Waals surface area contributed by atoms with E-state index in [0.29, 0.717) is 11.4 Å². The fourth-order valence-corrected chi connectivity index (χ4v) is 2.17. The maximum Gasteiger partial charge on any atom is 0.164 e. The van der Waals surface area contributed by atoms with Gasteiger partial charge in [-0.2, -0.15) is 0 Å². The summed E-state index contributed by atoms with van der Waals surface area (Å²) in [5, 5.41) is 12.7. The Hall–Kier alpha value is -2.14. The van der Waals surface area contributed by atoms with Crippen molar-refractivity contribution in [2.45, 2.75) is 12.5 Å². The van der Waals surface area contributed by atoms with E-state index in [1.165, 1.54) is 19.2 Å². The monoisotopic (exact) mass is 293 g/mol. The van der Waals surface area contributed by atoms with Crippen molar-refractivity contribution in [1.82, 2.24) is 0 Å². The van der Waals surface area contributed by atoms with Crippen LogP contribution in [0.2, 0.25) is 0 Å². The Morgan fingerprint density at radius 2 is 1.86 bits per heavy atom. The summed E-state index contributed by atoms with van der Waals surface area (Å²) in [5.41, 5.74) is -0.544. The van der Waals surface area contributed by atoms with Crippen LogP contribution in [0.1, 0.15) is 12.5 Å². The van der Waals surface area contributed by atoms with Gasteiger partial charge >= 0.3 is 0 Å². The van der Waals surface area contributed by atoms with Gasteiger partial charge in [0.1, 0.15) is 5.75 Å². The minimum absolute atomic E-state index is 0.0518. The van der Waals surface area contributed by atoms with Gasteiger partial charge in [0.05, 0.1) is 24.9 Å². The van der Waals surface area contributed by atoms with Crippen LogP contribution >= 0.6 is 0 Å². The number of halogens is 2. The smallest absolute Gasteiger partial charge is 0.164 e. The number of hydrogen-bond acceptors (Lipinski definition) is 3. The summed E-state index contributed by atoms with van der Waals surface area (Å²) in [5.74, 6) is -1.38. The standard InChI is InChI=1S/C16H17F2NO2/c1-16(10-20,11-6-5-7-12(17)15(11)18)19-13-8-3-4-9-14(13)21-2/h3-9,19-20H,10H2,1-2H3. The summed E-state index contributed by atoms with van der Waals surface area (Å²) in [6, 6.07) is 10.9. The molecule has 2 aromatic rings. The predicted molar refractivity (Wildman–Crippen MR) is 77.4 cm³/mol. The molecule has 2 aromatic carbocycles. The number of nitrogens with one attached hydrogen (secondary N) is 1. The van der Waals surface area contributed by atoms with Gasteiger partial charge < -0.3 is 15.2 Å². The quantitative estimate of drug-likeness (QED) is 0.889. The number of rotatable bonds is 5. The lowest BCUT2D eigenvalue weighted by Crippen LogP contribution is -2.37. The Labute approximate surface area is 122 Å². The number of para-hydroxylation sites is 2. The van der Waals surface area contributed by atoms with E-state index in [1.54, 1.807) is 31.2 Å². The Morgan fingerprint density at radius 3 is 2.52 bits per heavy atom. The van der Waals surface area contributed by atoms with Crippen molar-refractivity contribution in [2.24, 2.45) is 0 Å². The Balaban J connectivity index is 2.44. The van der Waals surface area contributed by atoms with Crippen LogP contribution < -0.4 is 10.1 Å². The molecule has 0 aromatic heterocycles. The number of ether oxygens (including phenoxy) is 1. The van der Waals surface area contributed by atoms with E-state index in [0.717, 1.165) is 6.07 Å². The van der Waals surface area contributed by atoms with Crippen LogP contribution in [0.5, 0.6) is 5.75 Å². The molecule has 0 heterocycles. The fourth-order valence-electron chi connectivity index (χ4n) is 2.17. The van der Waals surface area contributed by atoms with Crippen molar-refractivity contribution in [3.05, 3.63) is 59.7 Å². The number of hydrogen-bond donors (Lipinski definition) is 2. The van der Waals surface area contributed by atoms with Gasteiger partial charge in [0.15, 0.2) is 11.6 Å². The molecule has 0 bridgehead atoms. The molecule has 3 nitrogen and oxygen atoms in total. The highest BCUT2D eigenvalue weighted by Gasteiger charge is 2.30. The number of methoxy groups -OCH3 is 1. The molecular formula is C16H17F2NO2. The maximum atomic E-state index is 14.0. The second-order valence-corrected chi connectivity index (χ2v) is 4.92. The van der Waals surface area contributed by atoms with Gasteiger partial charge in [-0.15, -0.1) is 0 Å². The van der Waals surface area contributed by atoms with Crippen molar-refractivity contribution in [1.29, 1.82) is 0 Å². The van der Waals surface area contributed by atoms with Crippen LogP contribution in [0.25, 0.3) is 0 Å². The fraction of sp³-hybridized carbons (Fsp3) is 0.250. The molecule has 5 heteroatoms. The van der Waals surface area contributed by atoms with E-state index in [1.807, 2.05) is 0 Å². The minimum Gasteiger partial charge on any atom is -0.495 e. The van der Waals surface area contributed by atoms with Gasteiger partial charge in [0, 0.05) is 5.56 Å². The van der Waals surface area contributed by atoms with Crippen molar-refractivity contribution in [3.8, 4) is 5.75 Å². The third-order valence-electron chi connectivity index (χ3n) is 3.38. The summed E-state index contributed by atoms with van der Waals surface area (Å²) in [6.07, 6.45) is 0. The Bertz CT molecular complexity index is 633. The third-order valence-corrected chi connectivity index (χ3v) is 3.38.